The number of hydrogen-bond donors (Lipinski definition) is 2. The molecule has 0 amide bonds. The van der Waals surface area contributed by atoms with Gasteiger partial charge in [-0.1, -0.05) is 0 Å². The molecule has 1 aliphatic carbocycles. The van der Waals surface area contributed by atoms with Crippen molar-refractivity contribution in [2.45, 2.75) is 37.3 Å². The first-order valence-corrected chi connectivity index (χ1v) is 5.66. The van der Waals surface area contributed by atoms with E-state index in [0.29, 0.717) is 6.10 Å². The maximum absolute atomic E-state index is 9.31. The molecule has 0 aromatic heterocycles. The molecule has 2 atom stereocenters. The SMILES string of the molecule is CNC1(CO)CCC(OCCCOC)C1. The Morgan fingerprint density at radius 2 is 2.27 bits per heavy atom. The predicted octanol–water partition coefficient (Wildman–Crippen LogP) is 0.542. The van der Waals surface area contributed by atoms with Gasteiger partial charge in [0, 0.05) is 25.9 Å². The van der Waals surface area contributed by atoms with Gasteiger partial charge in [0.15, 0.2) is 0 Å². The summed E-state index contributed by atoms with van der Waals surface area (Å²) in [5.41, 5.74) is -0.105. The van der Waals surface area contributed by atoms with E-state index in [9.17, 15) is 5.11 Å². The van der Waals surface area contributed by atoms with Crippen LogP contribution < -0.4 is 5.32 Å². The van der Waals surface area contributed by atoms with Gasteiger partial charge in [-0.25, -0.2) is 0 Å². The predicted molar refractivity (Wildman–Crippen MR) is 59.0 cm³/mol. The fourth-order valence-electron chi connectivity index (χ4n) is 2.12. The molecule has 4 nitrogen and oxygen atoms in total. The number of likely N-dealkylation sites (N-methyl/N-ethyl adjacent to an activating group) is 1. The maximum Gasteiger partial charge on any atom is 0.0614 e. The summed E-state index contributed by atoms with van der Waals surface area (Å²) in [6.07, 6.45) is 4.18. The van der Waals surface area contributed by atoms with E-state index in [4.69, 9.17) is 9.47 Å². The highest BCUT2D eigenvalue weighted by molar-refractivity contribution is 4.95. The summed E-state index contributed by atoms with van der Waals surface area (Å²) in [5.74, 6) is 0. The van der Waals surface area contributed by atoms with Crippen LogP contribution in [0.1, 0.15) is 25.7 Å². The molecule has 4 heteroatoms. The first-order valence-electron chi connectivity index (χ1n) is 5.66. The van der Waals surface area contributed by atoms with Gasteiger partial charge in [-0.2, -0.15) is 0 Å². The van der Waals surface area contributed by atoms with Crippen molar-refractivity contribution in [3.05, 3.63) is 0 Å². The first-order chi connectivity index (χ1) is 7.26. The summed E-state index contributed by atoms with van der Waals surface area (Å²) in [6, 6.07) is 0. The number of ether oxygens (including phenoxy) is 2. The summed E-state index contributed by atoms with van der Waals surface area (Å²) in [5, 5.41) is 12.5. The van der Waals surface area contributed by atoms with Crippen molar-refractivity contribution in [1.29, 1.82) is 0 Å². The molecule has 0 bridgehead atoms. The molecule has 1 saturated carbocycles. The van der Waals surface area contributed by atoms with Crippen LogP contribution in [0.4, 0.5) is 0 Å². The zero-order chi connectivity index (χ0) is 11.1. The first kappa shape index (κ1) is 12.9. The zero-order valence-corrected chi connectivity index (χ0v) is 9.79. The Kier molecular flexibility index (Phi) is 5.53. The van der Waals surface area contributed by atoms with Crippen molar-refractivity contribution in [2.75, 3.05) is 34.0 Å². The van der Waals surface area contributed by atoms with E-state index < -0.39 is 0 Å². The lowest BCUT2D eigenvalue weighted by atomic mass is 9.99. The molecule has 0 radical (unpaired) electrons. The third-order valence-electron chi connectivity index (χ3n) is 3.24. The summed E-state index contributed by atoms with van der Waals surface area (Å²) >= 11 is 0. The number of aliphatic hydroxyl groups is 1. The van der Waals surface area contributed by atoms with Gasteiger partial charge in [0.25, 0.3) is 0 Å². The van der Waals surface area contributed by atoms with Crippen molar-refractivity contribution in [2.24, 2.45) is 0 Å². The summed E-state index contributed by atoms with van der Waals surface area (Å²) < 4.78 is 10.7. The molecule has 0 aromatic carbocycles. The van der Waals surface area contributed by atoms with Gasteiger partial charge in [0.1, 0.15) is 0 Å². The van der Waals surface area contributed by atoms with Gasteiger partial charge in [0.05, 0.1) is 12.7 Å². The van der Waals surface area contributed by atoms with Crippen molar-refractivity contribution >= 4 is 0 Å². The fraction of sp³-hybridized carbons (Fsp3) is 1.00. The normalized spacial score (nSPS) is 31.0. The minimum Gasteiger partial charge on any atom is -0.394 e. The Morgan fingerprint density at radius 1 is 1.47 bits per heavy atom. The van der Waals surface area contributed by atoms with Gasteiger partial charge >= 0.3 is 0 Å². The Labute approximate surface area is 92.0 Å². The molecule has 2 unspecified atom stereocenters. The van der Waals surface area contributed by atoms with E-state index in [-0.39, 0.29) is 12.1 Å². The Morgan fingerprint density at radius 3 is 2.80 bits per heavy atom. The van der Waals surface area contributed by atoms with Crippen molar-refractivity contribution in [3.63, 3.8) is 0 Å². The van der Waals surface area contributed by atoms with Gasteiger partial charge in [-0.3, -0.25) is 0 Å². The highest BCUT2D eigenvalue weighted by Gasteiger charge is 2.37. The Balaban J connectivity index is 2.18. The van der Waals surface area contributed by atoms with Crippen LogP contribution in [-0.4, -0.2) is 50.7 Å². The minimum absolute atomic E-state index is 0.105. The minimum atomic E-state index is -0.105. The average Bonchev–Trinajstić information content (AvgIpc) is 2.69. The van der Waals surface area contributed by atoms with Crippen LogP contribution >= 0.6 is 0 Å². The van der Waals surface area contributed by atoms with Crippen LogP contribution in [0.5, 0.6) is 0 Å². The molecule has 2 N–H and O–H groups in total. The molecular weight excluding hydrogens is 194 g/mol. The number of methoxy groups -OCH3 is 1. The molecule has 0 spiro atoms. The molecule has 0 aliphatic heterocycles. The number of rotatable bonds is 7. The summed E-state index contributed by atoms with van der Waals surface area (Å²) in [6.45, 7) is 1.70. The van der Waals surface area contributed by atoms with E-state index in [1.165, 1.54) is 0 Å². The van der Waals surface area contributed by atoms with Gasteiger partial charge < -0.3 is 19.9 Å². The van der Waals surface area contributed by atoms with Crippen molar-refractivity contribution in [1.82, 2.24) is 5.32 Å². The molecule has 90 valence electrons. The molecule has 0 heterocycles. The summed E-state index contributed by atoms with van der Waals surface area (Å²) in [7, 11) is 3.61. The zero-order valence-electron chi connectivity index (χ0n) is 9.79. The Hall–Kier alpha value is -0.160. The third kappa shape index (κ3) is 3.72. The topological polar surface area (TPSA) is 50.7 Å². The van der Waals surface area contributed by atoms with Crippen LogP contribution in [0.15, 0.2) is 0 Å². The van der Waals surface area contributed by atoms with Crippen LogP contribution in [0.2, 0.25) is 0 Å². The van der Waals surface area contributed by atoms with Gasteiger partial charge in [-0.05, 0) is 32.7 Å². The van der Waals surface area contributed by atoms with Crippen molar-refractivity contribution in [3.8, 4) is 0 Å². The molecule has 1 rings (SSSR count). The second-order valence-electron chi connectivity index (χ2n) is 4.27. The smallest absolute Gasteiger partial charge is 0.0614 e. The van der Waals surface area contributed by atoms with Crippen LogP contribution in [-0.2, 0) is 9.47 Å². The molecule has 1 aliphatic rings. The third-order valence-corrected chi connectivity index (χ3v) is 3.24. The lowest BCUT2D eigenvalue weighted by molar-refractivity contribution is 0.0355. The summed E-state index contributed by atoms with van der Waals surface area (Å²) in [4.78, 5) is 0. The molecule has 0 aromatic rings. The fourth-order valence-corrected chi connectivity index (χ4v) is 2.12. The number of nitrogens with one attached hydrogen (secondary N) is 1. The second kappa shape index (κ2) is 6.43. The molecule has 0 saturated heterocycles. The molecule has 1 fully saturated rings. The van der Waals surface area contributed by atoms with Crippen LogP contribution in [0.3, 0.4) is 0 Å². The van der Waals surface area contributed by atoms with Gasteiger partial charge in [-0.15, -0.1) is 0 Å². The maximum atomic E-state index is 9.31. The van der Waals surface area contributed by atoms with E-state index in [0.717, 1.165) is 38.9 Å². The number of aliphatic hydroxyl groups excluding tert-OH is 1. The van der Waals surface area contributed by atoms with E-state index in [1.807, 2.05) is 7.05 Å². The lowest BCUT2D eigenvalue weighted by Crippen LogP contribution is -2.44. The molecular formula is C11H23NO3. The lowest BCUT2D eigenvalue weighted by Gasteiger charge is -2.26. The van der Waals surface area contributed by atoms with Crippen molar-refractivity contribution < 1.29 is 14.6 Å². The van der Waals surface area contributed by atoms with Crippen LogP contribution in [0.25, 0.3) is 0 Å². The molecule has 15 heavy (non-hydrogen) atoms. The monoisotopic (exact) mass is 217 g/mol. The standard InChI is InChI=1S/C11H23NO3/c1-12-11(9-13)5-4-10(8-11)15-7-3-6-14-2/h10,12-13H,3-9H2,1-2H3. The van der Waals surface area contributed by atoms with Crippen LogP contribution in [0, 0.1) is 0 Å². The average molecular weight is 217 g/mol. The highest BCUT2D eigenvalue weighted by Crippen LogP contribution is 2.31. The second-order valence-corrected chi connectivity index (χ2v) is 4.27. The quantitative estimate of drug-likeness (QED) is 0.611. The highest BCUT2D eigenvalue weighted by atomic mass is 16.5. The van der Waals surface area contributed by atoms with E-state index >= 15 is 0 Å². The largest absolute Gasteiger partial charge is 0.394 e. The number of hydrogen-bond acceptors (Lipinski definition) is 4. The van der Waals surface area contributed by atoms with E-state index in [2.05, 4.69) is 5.32 Å². The van der Waals surface area contributed by atoms with E-state index in [1.54, 1.807) is 7.11 Å². The van der Waals surface area contributed by atoms with Gasteiger partial charge in [0.2, 0.25) is 0 Å². The Bertz CT molecular complexity index is 171.